The molecule has 0 aromatic carbocycles. The average Bonchev–Trinajstić information content (AvgIpc) is 1.69. The van der Waals surface area contributed by atoms with Crippen LogP contribution in [0.15, 0.2) is 0 Å². The van der Waals surface area contributed by atoms with E-state index in [4.69, 9.17) is 4.18 Å². The third-order valence-electron chi connectivity index (χ3n) is 0.404. The fourth-order valence-corrected chi connectivity index (χ4v) is 1.49. The molecule has 0 aromatic rings. The largest absolute Gasteiger partial charge is 0.308 e. The van der Waals surface area contributed by atoms with Crippen molar-refractivity contribution < 1.29 is 4.18 Å². The monoisotopic (exact) mass is 138 g/mol. The van der Waals surface area contributed by atoms with Crippen LogP contribution in [0.3, 0.4) is 0 Å². The van der Waals surface area contributed by atoms with Crippen molar-refractivity contribution in [1.29, 1.82) is 0 Å². The minimum atomic E-state index is 1.18. The zero-order valence-electron chi connectivity index (χ0n) is 4.64. The summed E-state index contributed by atoms with van der Waals surface area (Å²) < 4.78 is 4.72. The molecule has 44 valence electrons. The van der Waals surface area contributed by atoms with E-state index >= 15 is 0 Å². The van der Waals surface area contributed by atoms with Crippen LogP contribution in [0.5, 0.6) is 0 Å². The quantitative estimate of drug-likeness (QED) is 0.335. The van der Waals surface area contributed by atoms with Crippen molar-refractivity contribution in [3.8, 4) is 0 Å². The Balaban J connectivity index is 2.45. The third-order valence-corrected chi connectivity index (χ3v) is 2.41. The van der Waals surface area contributed by atoms with Gasteiger partial charge >= 0.3 is 0 Å². The van der Waals surface area contributed by atoms with Crippen molar-refractivity contribution in [1.82, 2.24) is 0 Å². The average molecular weight is 138 g/mol. The Labute approximate surface area is 52.8 Å². The molecule has 0 fully saturated rings. The highest BCUT2D eigenvalue weighted by Crippen LogP contribution is 2.20. The maximum atomic E-state index is 4.72. The highest BCUT2D eigenvalue weighted by molar-refractivity contribution is 8.74. The van der Waals surface area contributed by atoms with E-state index in [9.17, 15) is 0 Å². The second-order valence-corrected chi connectivity index (χ2v) is 3.29. The Morgan fingerprint density at radius 2 is 2.29 bits per heavy atom. The minimum absolute atomic E-state index is 1.18. The molecule has 0 rings (SSSR count). The standard InChI is InChI=1S/C4H10OS2/c1-3-4-6-7-5-2/h3-4H2,1-2H3. The summed E-state index contributed by atoms with van der Waals surface area (Å²) in [5.41, 5.74) is 0. The van der Waals surface area contributed by atoms with E-state index in [0.29, 0.717) is 0 Å². The SMILES string of the molecule is CCCSSOC. The molecular formula is C4H10OS2. The molecule has 0 N–H and O–H groups in total. The highest BCUT2D eigenvalue weighted by atomic mass is 33.1. The molecule has 0 bridgehead atoms. The number of rotatable bonds is 4. The molecule has 0 radical (unpaired) electrons. The molecule has 0 atom stereocenters. The van der Waals surface area contributed by atoms with Crippen molar-refractivity contribution in [2.45, 2.75) is 13.3 Å². The first kappa shape index (κ1) is 7.66. The fraction of sp³-hybridized carbons (Fsp3) is 1.00. The maximum absolute atomic E-state index is 4.72. The fourth-order valence-electron chi connectivity index (χ4n) is 0.165. The van der Waals surface area contributed by atoms with Gasteiger partial charge in [0.15, 0.2) is 0 Å². The van der Waals surface area contributed by atoms with Gasteiger partial charge in [-0.25, -0.2) is 0 Å². The summed E-state index contributed by atoms with van der Waals surface area (Å²) in [5.74, 6) is 1.18. The van der Waals surface area contributed by atoms with Crippen LogP contribution in [0.2, 0.25) is 0 Å². The van der Waals surface area contributed by atoms with Crippen molar-refractivity contribution in [2.75, 3.05) is 12.9 Å². The molecule has 0 unspecified atom stereocenters. The summed E-state index contributed by atoms with van der Waals surface area (Å²) in [6.45, 7) is 2.16. The van der Waals surface area contributed by atoms with E-state index < -0.39 is 0 Å². The topological polar surface area (TPSA) is 9.23 Å². The predicted molar refractivity (Wildman–Crippen MR) is 37.3 cm³/mol. The van der Waals surface area contributed by atoms with E-state index in [1.807, 2.05) is 0 Å². The maximum Gasteiger partial charge on any atom is 0.0618 e. The van der Waals surface area contributed by atoms with E-state index in [1.165, 1.54) is 23.2 Å². The van der Waals surface area contributed by atoms with Gasteiger partial charge in [-0.15, -0.1) is 0 Å². The van der Waals surface area contributed by atoms with Crippen LogP contribution < -0.4 is 0 Å². The summed E-state index contributed by atoms with van der Waals surface area (Å²) in [6.07, 6.45) is 1.22. The summed E-state index contributed by atoms with van der Waals surface area (Å²) in [7, 11) is 3.44. The van der Waals surface area contributed by atoms with Gasteiger partial charge in [0.25, 0.3) is 0 Å². The summed E-state index contributed by atoms with van der Waals surface area (Å²) in [6, 6.07) is 0. The molecule has 0 spiro atoms. The van der Waals surface area contributed by atoms with E-state index in [2.05, 4.69) is 6.92 Å². The zero-order valence-corrected chi connectivity index (χ0v) is 6.27. The predicted octanol–water partition coefficient (Wildman–Crippen LogP) is 2.34. The second kappa shape index (κ2) is 6.66. The molecule has 0 aliphatic heterocycles. The number of hydrogen-bond donors (Lipinski definition) is 0. The van der Waals surface area contributed by atoms with Crippen LogP contribution >= 0.6 is 21.9 Å². The second-order valence-electron chi connectivity index (χ2n) is 1.06. The number of hydrogen-bond acceptors (Lipinski definition) is 3. The summed E-state index contributed by atoms with van der Waals surface area (Å²) >= 11 is 1.45. The van der Waals surface area contributed by atoms with Gasteiger partial charge in [0.2, 0.25) is 0 Å². The van der Waals surface area contributed by atoms with Gasteiger partial charge in [-0.2, -0.15) is 0 Å². The first-order valence-corrected chi connectivity index (χ1v) is 4.48. The van der Waals surface area contributed by atoms with Crippen LogP contribution in [-0.2, 0) is 4.18 Å². The highest BCUT2D eigenvalue weighted by Gasteiger charge is 1.81. The molecule has 3 heteroatoms. The van der Waals surface area contributed by atoms with Crippen LogP contribution in [0.4, 0.5) is 0 Å². The van der Waals surface area contributed by atoms with Gasteiger partial charge in [0.05, 0.1) is 18.2 Å². The molecule has 0 aliphatic carbocycles. The lowest BCUT2D eigenvalue weighted by Gasteiger charge is -1.90. The summed E-state index contributed by atoms with van der Waals surface area (Å²) in [5, 5.41) is 0. The minimum Gasteiger partial charge on any atom is -0.308 e. The van der Waals surface area contributed by atoms with Gasteiger partial charge < -0.3 is 4.18 Å². The Hall–Kier alpha value is 0.660. The Kier molecular flexibility index (Phi) is 7.29. The third kappa shape index (κ3) is 6.66. The molecule has 0 saturated heterocycles. The molecule has 0 aromatic heterocycles. The van der Waals surface area contributed by atoms with Crippen molar-refractivity contribution in [3.63, 3.8) is 0 Å². The normalized spacial score (nSPS) is 9.43. The van der Waals surface area contributed by atoms with Gasteiger partial charge in [0.1, 0.15) is 0 Å². The molecule has 0 amide bonds. The van der Waals surface area contributed by atoms with Gasteiger partial charge in [-0.3, -0.25) is 0 Å². The van der Waals surface area contributed by atoms with Crippen molar-refractivity contribution >= 4 is 21.9 Å². The molecule has 0 aliphatic rings. The molecule has 0 saturated carbocycles. The van der Waals surface area contributed by atoms with Crippen LogP contribution in [0.25, 0.3) is 0 Å². The Morgan fingerprint density at radius 1 is 1.57 bits per heavy atom. The Bertz CT molecular complexity index is 28.9. The lowest BCUT2D eigenvalue weighted by Crippen LogP contribution is -1.67. The first-order chi connectivity index (χ1) is 3.41. The van der Waals surface area contributed by atoms with Crippen LogP contribution in [0.1, 0.15) is 13.3 Å². The van der Waals surface area contributed by atoms with Gasteiger partial charge in [0, 0.05) is 5.75 Å². The van der Waals surface area contributed by atoms with Crippen molar-refractivity contribution in [3.05, 3.63) is 0 Å². The Morgan fingerprint density at radius 3 is 2.71 bits per heavy atom. The zero-order chi connectivity index (χ0) is 5.54. The van der Waals surface area contributed by atoms with Gasteiger partial charge in [-0.05, 0) is 6.42 Å². The lowest BCUT2D eigenvalue weighted by molar-refractivity contribution is 0.498. The summed E-state index contributed by atoms with van der Waals surface area (Å²) in [4.78, 5) is 0. The van der Waals surface area contributed by atoms with Crippen LogP contribution in [-0.4, -0.2) is 12.9 Å². The van der Waals surface area contributed by atoms with Crippen LogP contribution in [0, 0.1) is 0 Å². The molecular weight excluding hydrogens is 128 g/mol. The van der Waals surface area contributed by atoms with Gasteiger partial charge in [-0.1, -0.05) is 17.7 Å². The first-order valence-electron chi connectivity index (χ1n) is 2.24. The molecule has 0 heterocycles. The van der Waals surface area contributed by atoms with E-state index in [1.54, 1.807) is 17.9 Å². The van der Waals surface area contributed by atoms with Crippen molar-refractivity contribution in [2.24, 2.45) is 0 Å². The smallest absolute Gasteiger partial charge is 0.0618 e. The molecule has 1 nitrogen and oxygen atoms in total. The lowest BCUT2D eigenvalue weighted by atomic mass is 10.6. The van der Waals surface area contributed by atoms with E-state index in [-0.39, 0.29) is 0 Å². The molecule has 7 heavy (non-hydrogen) atoms. The van der Waals surface area contributed by atoms with E-state index in [0.717, 1.165) is 0 Å².